The lowest BCUT2D eigenvalue weighted by Gasteiger charge is -2.21. The van der Waals surface area contributed by atoms with E-state index in [1.807, 2.05) is 37.4 Å². The largest absolute Gasteiger partial charge is 0.494 e. The predicted octanol–water partition coefficient (Wildman–Crippen LogP) is 1.95. The Morgan fingerprint density at radius 1 is 1.32 bits per heavy atom. The Kier molecular flexibility index (Phi) is 5.93. The van der Waals surface area contributed by atoms with E-state index in [9.17, 15) is 4.79 Å². The maximum Gasteiger partial charge on any atom is 0.233 e. The van der Waals surface area contributed by atoms with Gasteiger partial charge in [0.1, 0.15) is 16.8 Å². The van der Waals surface area contributed by atoms with Crippen molar-refractivity contribution in [1.29, 1.82) is 0 Å². The van der Waals surface area contributed by atoms with Gasteiger partial charge in [0.2, 0.25) is 5.91 Å². The zero-order valence-corrected chi connectivity index (χ0v) is 15.2. The summed E-state index contributed by atoms with van der Waals surface area (Å²) in [4.78, 5) is 13.8. The predicted molar refractivity (Wildman–Crippen MR) is 95.5 cm³/mol. The molecule has 1 aromatic heterocycles. The fourth-order valence-corrected chi connectivity index (χ4v) is 3.83. The average Bonchev–Trinajstić information content (AvgIpc) is 3.21. The molecule has 134 valence electrons. The van der Waals surface area contributed by atoms with Crippen molar-refractivity contribution in [2.75, 3.05) is 32.6 Å². The molecule has 25 heavy (non-hydrogen) atoms. The van der Waals surface area contributed by atoms with Gasteiger partial charge in [0.25, 0.3) is 0 Å². The number of carbonyl (C=O) groups is 1. The van der Waals surface area contributed by atoms with Crippen molar-refractivity contribution in [3.8, 4) is 5.75 Å². The van der Waals surface area contributed by atoms with Crippen molar-refractivity contribution < 1.29 is 14.3 Å². The highest BCUT2D eigenvalue weighted by atomic mass is 32.2. The van der Waals surface area contributed by atoms with Crippen LogP contribution in [0.25, 0.3) is 0 Å². The molecule has 0 unspecified atom stereocenters. The third kappa shape index (κ3) is 4.32. The van der Waals surface area contributed by atoms with Crippen LogP contribution in [-0.2, 0) is 16.1 Å². The van der Waals surface area contributed by atoms with Gasteiger partial charge in [-0.15, -0.1) is 16.9 Å². The zero-order chi connectivity index (χ0) is 17.6. The first kappa shape index (κ1) is 17.8. The molecule has 0 aliphatic carbocycles. The number of benzene rings is 1. The summed E-state index contributed by atoms with van der Waals surface area (Å²) in [5.41, 5.74) is 1.92. The third-order valence-corrected chi connectivity index (χ3v) is 5.12. The lowest BCUT2D eigenvalue weighted by atomic mass is 10.2. The van der Waals surface area contributed by atoms with E-state index in [-0.39, 0.29) is 11.3 Å². The number of nitrogens with zero attached hydrogens (tertiary/aromatic N) is 4. The van der Waals surface area contributed by atoms with Gasteiger partial charge in [0.15, 0.2) is 0 Å². The van der Waals surface area contributed by atoms with E-state index in [2.05, 4.69) is 10.3 Å². The molecule has 0 bridgehead atoms. The van der Waals surface area contributed by atoms with Crippen molar-refractivity contribution in [1.82, 2.24) is 19.9 Å². The Labute approximate surface area is 151 Å². The molecule has 1 amide bonds. The standard InChI is InChI=1S/C17H22N4O3S/c1-3-24-14-6-4-13(5-7-14)10-20-11-15(18-19-20)17-21(8-9-23-2)16(22)12-25-17/h4-7,11,17H,3,8-10,12H2,1-2H3/t17-/m1/s1. The second-order valence-corrected chi connectivity index (χ2v) is 6.73. The van der Waals surface area contributed by atoms with Crippen molar-refractivity contribution >= 4 is 17.7 Å². The molecular weight excluding hydrogens is 340 g/mol. The monoisotopic (exact) mass is 362 g/mol. The quantitative estimate of drug-likeness (QED) is 0.715. The molecule has 2 heterocycles. The molecule has 1 aromatic carbocycles. The molecule has 1 atom stereocenters. The van der Waals surface area contributed by atoms with E-state index in [1.54, 1.807) is 28.5 Å². The fourth-order valence-electron chi connectivity index (χ4n) is 2.68. The molecule has 0 radical (unpaired) electrons. The first-order valence-electron chi connectivity index (χ1n) is 8.23. The highest BCUT2D eigenvalue weighted by Gasteiger charge is 2.34. The second-order valence-electron chi connectivity index (χ2n) is 5.66. The molecule has 7 nitrogen and oxygen atoms in total. The van der Waals surface area contributed by atoms with Gasteiger partial charge in [-0.05, 0) is 24.6 Å². The molecule has 0 N–H and O–H groups in total. The van der Waals surface area contributed by atoms with E-state index < -0.39 is 0 Å². The summed E-state index contributed by atoms with van der Waals surface area (Å²) < 4.78 is 12.3. The normalized spacial score (nSPS) is 17.3. The number of methoxy groups -OCH3 is 1. The van der Waals surface area contributed by atoms with Crippen molar-refractivity contribution in [3.05, 3.63) is 41.7 Å². The molecule has 2 aromatic rings. The highest BCUT2D eigenvalue weighted by Crippen LogP contribution is 2.37. The fraction of sp³-hybridized carbons (Fsp3) is 0.471. The summed E-state index contributed by atoms with van der Waals surface area (Å²) in [6, 6.07) is 7.94. The van der Waals surface area contributed by atoms with Crippen molar-refractivity contribution in [3.63, 3.8) is 0 Å². The van der Waals surface area contributed by atoms with Crippen LogP contribution in [0, 0.1) is 0 Å². The molecule has 3 rings (SSSR count). The Balaban J connectivity index is 1.66. The van der Waals surface area contributed by atoms with E-state index in [0.29, 0.717) is 32.1 Å². The van der Waals surface area contributed by atoms with E-state index in [4.69, 9.17) is 9.47 Å². The molecule has 1 saturated heterocycles. The number of hydrogen-bond acceptors (Lipinski definition) is 6. The Morgan fingerprint density at radius 3 is 2.84 bits per heavy atom. The molecule has 8 heteroatoms. The first-order valence-corrected chi connectivity index (χ1v) is 9.28. The number of thioether (sulfide) groups is 1. The van der Waals surface area contributed by atoms with Gasteiger partial charge < -0.3 is 14.4 Å². The molecule has 1 aliphatic heterocycles. The minimum absolute atomic E-state index is 0.0864. The zero-order valence-electron chi connectivity index (χ0n) is 14.4. The lowest BCUT2D eigenvalue weighted by Crippen LogP contribution is -2.31. The third-order valence-electron chi connectivity index (χ3n) is 3.89. The molecule has 1 fully saturated rings. The first-order chi connectivity index (χ1) is 12.2. The van der Waals surface area contributed by atoms with Gasteiger partial charge in [0.05, 0.1) is 31.7 Å². The van der Waals surface area contributed by atoms with Gasteiger partial charge in [0, 0.05) is 13.7 Å². The minimum atomic E-state index is -0.0864. The van der Waals surface area contributed by atoms with Crippen LogP contribution in [0.2, 0.25) is 0 Å². The molecule has 1 aliphatic rings. The topological polar surface area (TPSA) is 69.5 Å². The van der Waals surface area contributed by atoms with Crippen LogP contribution >= 0.6 is 11.8 Å². The number of amides is 1. The van der Waals surface area contributed by atoms with Gasteiger partial charge in [-0.2, -0.15) is 0 Å². The van der Waals surface area contributed by atoms with Crippen LogP contribution in [0.5, 0.6) is 5.75 Å². The van der Waals surface area contributed by atoms with Crippen LogP contribution in [0.15, 0.2) is 30.5 Å². The summed E-state index contributed by atoms with van der Waals surface area (Å²) in [6.45, 7) is 4.33. The van der Waals surface area contributed by atoms with Gasteiger partial charge >= 0.3 is 0 Å². The van der Waals surface area contributed by atoms with E-state index >= 15 is 0 Å². The van der Waals surface area contributed by atoms with Crippen LogP contribution in [-0.4, -0.2) is 58.4 Å². The second kappa shape index (κ2) is 8.35. The average molecular weight is 362 g/mol. The summed E-state index contributed by atoms with van der Waals surface area (Å²) in [6.07, 6.45) is 1.91. The van der Waals surface area contributed by atoms with Crippen molar-refractivity contribution in [2.24, 2.45) is 0 Å². The molecular formula is C17H22N4O3S. The highest BCUT2D eigenvalue weighted by molar-refractivity contribution is 8.00. The summed E-state index contributed by atoms with van der Waals surface area (Å²) in [7, 11) is 1.63. The lowest BCUT2D eigenvalue weighted by molar-refractivity contribution is -0.128. The van der Waals surface area contributed by atoms with Gasteiger partial charge in [-0.3, -0.25) is 4.79 Å². The Morgan fingerprint density at radius 2 is 2.12 bits per heavy atom. The molecule has 0 saturated carbocycles. The van der Waals surface area contributed by atoms with Crippen LogP contribution < -0.4 is 4.74 Å². The molecule has 0 spiro atoms. The minimum Gasteiger partial charge on any atom is -0.494 e. The number of ether oxygens (including phenoxy) is 2. The SMILES string of the molecule is CCOc1ccc(Cn2cc([C@H]3SCC(=O)N3CCOC)nn2)cc1. The Hall–Kier alpha value is -2.06. The van der Waals surface area contributed by atoms with E-state index in [1.165, 1.54) is 0 Å². The smallest absolute Gasteiger partial charge is 0.233 e. The summed E-state index contributed by atoms with van der Waals surface area (Å²) in [5, 5.41) is 8.39. The summed E-state index contributed by atoms with van der Waals surface area (Å²) >= 11 is 1.58. The maximum atomic E-state index is 12.0. The van der Waals surface area contributed by atoms with Crippen LogP contribution in [0.3, 0.4) is 0 Å². The number of hydrogen-bond donors (Lipinski definition) is 0. The number of rotatable bonds is 8. The summed E-state index contributed by atoms with van der Waals surface area (Å²) in [5.74, 6) is 1.45. The van der Waals surface area contributed by atoms with Gasteiger partial charge in [-0.1, -0.05) is 17.3 Å². The van der Waals surface area contributed by atoms with Gasteiger partial charge in [-0.25, -0.2) is 4.68 Å². The number of carbonyl (C=O) groups excluding carboxylic acids is 1. The van der Waals surface area contributed by atoms with E-state index in [0.717, 1.165) is 17.0 Å². The Bertz CT molecular complexity index is 704. The van der Waals surface area contributed by atoms with Crippen molar-refractivity contribution in [2.45, 2.75) is 18.8 Å². The van der Waals surface area contributed by atoms with Crippen LogP contribution in [0.4, 0.5) is 0 Å². The number of aromatic nitrogens is 3. The maximum absolute atomic E-state index is 12.0. The van der Waals surface area contributed by atoms with Crippen LogP contribution in [0.1, 0.15) is 23.6 Å².